The van der Waals surface area contributed by atoms with E-state index >= 15 is 0 Å². The predicted octanol–water partition coefficient (Wildman–Crippen LogP) is 4.90. The molecule has 2 heterocycles. The number of rotatable bonds is 4. The molecule has 1 N–H and O–H groups in total. The van der Waals surface area contributed by atoms with Gasteiger partial charge in [-0.15, -0.1) is 0 Å². The molecule has 192 valence electrons. The Bertz CT molecular complexity index is 760. The summed E-state index contributed by atoms with van der Waals surface area (Å²) in [7, 11) is 4.18. The first-order valence-electron chi connectivity index (χ1n) is 13.3. The lowest BCUT2D eigenvalue weighted by Gasteiger charge is -2.49. The van der Waals surface area contributed by atoms with Gasteiger partial charge in [0.1, 0.15) is 6.10 Å². The molecule has 2 unspecified atom stereocenters. The summed E-state index contributed by atoms with van der Waals surface area (Å²) in [5.41, 5.74) is 0.659. The van der Waals surface area contributed by atoms with Crippen molar-refractivity contribution in [3.8, 4) is 0 Å². The third-order valence-electron chi connectivity index (χ3n) is 8.75. The van der Waals surface area contributed by atoms with Crippen LogP contribution in [0.1, 0.15) is 78.1 Å². The zero-order valence-electron chi connectivity index (χ0n) is 21.9. The summed E-state index contributed by atoms with van der Waals surface area (Å²) in [5, 5.41) is 9.74. The molecule has 34 heavy (non-hydrogen) atoms. The number of piperidine rings is 2. The van der Waals surface area contributed by atoms with Crippen LogP contribution < -0.4 is 0 Å². The van der Waals surface area contributed by atoms with E-state index < -0.39 is 11.4 Å². The van der Waals surface area contributed by atoms with Crippen molar-refractivity contribution in [3.05, 3.63) is 23.8 Å². The summed E-state index contributed by atoms with van der Waals surface area (Å²) in [5.74, 6) is -0.449. The van der Waals surface area contributed by atoms with Crippen molar-refractivity contribution in [2.24, 2.45) is 16.7 Å². The number of carboxylic acid groups (broad SMARTS) is 1. The van der Waals surface area contributed by atoms with Crippen LogP contribution in [0.3, 0.4) is 0 Å². The molecular weight excluding hydrogens is 428 g/mol. The van der Waals surface area contributed by atoms with Crippen LogP contribution in [-0.4, -0.2) is 73.2 Å². The highest BCUT2D eigenvalue weighted by molar-refractivity contribution is 5.76. The van der Waals surface area contributed by atoms with Crippen LogP contribution in [0, 0.1) is 16.7 Å². The molecule has 0 spiro atoms. The monoisotopic (exact) mass is 474 g/mol. The number of carboxylic acids is 1. The Labute approximate surface area is 206 Å². The molecule has 0 aromatic rings. The van der Waals surface area contributed by atoms with Gasteiger partial charge in [0.25, 0.3) is 0 Å². The molecule has 6 nitrogen and oxygen atoms in total. The first kappa shape index (κ1) is 26.9. The minimum atomic E-state index is -0.598. The average Bonchev–Trinajstić information content (AvgIpc) is 2.81. The number of allylic oxidation sites excluding steroid dienone is 3. The Kier molecular flexibility index (Phi) is 9.39. The van der Waals surface area contributed by atoms with Crippen LogP contribution in [0.5, 0.6) is 0 Å². The smallest absolute Gasteiger partial charge is 0.310 e. The Morgan fingerprint density at radius 1 is 1.00 bits per heavy atom. The third-order valence-corrected chi connectivity index (χ3v) is 8.75. The van der Waals surface area contributed by atoms with Crippen LogP contribution in [-0.2, 0) is 14.3 Å². The van der Waals surface area contributed by atoms with E-state index in [0.717, 1.165) is 90.4 Å². The quantitative estimate of drug-likeness (QED) is 0.462. The minimum absolute atomic E-state index is 0.0223. The van der Waals surface area contributed by atoms with Crippen LogP contribution in [0.4, 0.5) is 0 Å². The predicted molar refractivity (Wildman–Crippen MR) is 136 cm³/mol. The Morgan fingerprint density at radius 2 is 1.65 bits per heavy atom. The lowest BCUT2D eigenvalue weighted by molar-refractivity contribution is -0.160. The van der Waals surface area contributed by atoms with E-state index in [1.54, 1.807) is 0 Å². The van der Waals surface area contributed by atoms with E-state index in [9.17, 15) is 14.7 Å². The zero-order valence-corrected chi connectivity index (χ0v) is 21.9. The molecule has 0 radical (unpaired) electrons. The molecular formula is C28H46N2O4. The number of nitrogens with zero attached hydrogens (tertiary/aromatic N) is 2. The maximum Gasteiger partial charge on any atom is 0.310 e. The van der Waals surface area contributed by atoms with Gasteiger partial charge in [-0.3, -0.25) is 9.59 Å². The molecule has 6 heteroatoms. The number of ether oxygens (including phenoxy) is 1. The van der Waals surface area contributed by atoms with Crippen LogP contribution in [0.25, 0.3) is 0 Å². The van der Waals surface area contributed by atoms with Gasteiger partial charge in [-0.05, 0) is 117 Å². The van der Waals surface area contributed by atoms with E-state index in [1.165, 1.54) is 5.57 Å². The minimum Gasteiger partial charge on any atom is -0.481 e. The highest BCUT2D eigenvalue weighted by Gasteiger charge is 2.53. The molecule has 2 atom stereocenters. The molecule has 2 aliphatic heterocycles. The lowest BCUT2D eigenvalue weighted by Crippen LogP contribution is -2.52. The van der Waals surface area contributed by atoms with Crippen molar-refractivity contribution in [1.29, 1.82) is 0 Å². The fraction of sp³-hybridized carbons (Fsp3) is 0.786. The molecule has 0 aromatic heterocycles. The summed E-state index contributed by atoms with van der Waals surface area (Å²) in [6, 6.07) is 0. The fourth-order valence-corrected chi connectivity index (χ4v) is 6.09. The van der Waals surface area contributed by atoms with Gasteiger partial charge in [0.05, 0.1) is 11.3 Å². The highest BCUT2D eigenvalue weighted by Crippen LogP contribution is 2.52. The van der Waals surface area contributed by atoms with Gasteiger partial charge in [-0.1, -0.05) is 24.6 Å². The Morgan fingerprint density at radius 3 is 2.21 bits per heavy atom. The number of likely N-dealkylation sites (tertiary alicyclic amines) is 2. The number of carbonyl (C=O) groups excluding carboxylic acids is 1. The summed E-state index contributed by atoms with van der Waals surface area (Å²) in [4.78, 5) is 28.4. The van der Waals surface area contributed by atoms with Gasteiger partial charge in [0.2, 0.25) is 0 Å². The largest absolute Gasteiger partial charge is 0.481 e. The summed E-state index contributed by atoms with van der Waals surface area (Å²) in [6.07, 6.45) is 16.5. The van der Waals surface area contributed by atoms with E-state index in [-0.39, 0.29) is 23.4 Å². The molecule has 4 rings (SSSR count). The van der Waals surface area contributed by atoms with Crippen molar-refractivity contribution in [2.45, 2.75) is 84.2 Å². The molecule has 0 bridgehead atoms. The molecule has 0 amide bonds. The maximum absolute atomic E-state index is 12.0. The van der Waals surface area contributed by atoms with Crippen molar-refractivity contribution >= 4 is 11.9 Å². The lowest BCUT2D eigenvalue weighted by atomic mass is 9.56. The van der Waals surface area contributed by atoms with Gasteiger partial charge >= 0.3 is 11.9 Å². The van der Waals surface area contributed by atoms with Gasteiger partial charge in [0, 0.05) is 5.41 Å². The second kappa shape index (κ2) is 11.9. The molecule has 2 saturated heterocycles. The fourth-order valence-electron chi connectivity index (χ4n) is 6.09. The average molecular weight is 475 g/mol. The second-order valence-corrected chi connectivity index (χ2v) is 11.4. The molecule has 4 aliphatic rings. The normalized spacial score (nSPS) is 30.6. The van der Waals surface area contributed by atoms with Crippen molar-refractivity contribution in [3.63, 3.8) is 0 Å². The van der Waals surface area contributed by atoms with E-state index in [2.05, 4.69) is 56.0 Å². The number of hydrogen-bond acceptors (Lipinski definition) is 5. The number of esters is 1. The first-order valence-corrected chi connectivity index (χ1v) is 13.3. The molecule has 0 saturated carbocycles. The third kappa shape index (κ3) is 6.51. The van der Waals surface area contributed by atoms with E-state index in [0.29, 0.717) is 0 Å². The van der Waals surface area contributed by atoms with Gasteiger partial charge in [-0.2, -0.15) is 0 Å². The standard InChI is InChI=1S/2C14H23NO2/c1-11-4-3-5-13(10-11)17-14(16)12-6-8-15(2)9-7-12;1-13(6-4-3-5-7-13)14(12(16)17)8-10-15(2)11-9-14/h10,12-13H,3-9H2,1-2H3;4,6H,3,5,7-11H2,1-2H3,(H,16,17). The van der Waals surface area contributed by atoms with E-state index in [1.807, 2.05) is 0 Å². The van der Waals surface area contributed by atoms with Crippen LogP contribution in [0.2, 0.25) is 0 Å². The van der Waals surface area contributed by atoms with Crippen molar-refractivity contribution in [1.82, 2.24) is 9.80 Å². The van der Waals surface area contributed by atoms with Gasteiger partial charge in [0.15, 0.2) is 0 Å². The zero-order chi connectivity index (χ0) is 24.8. The van der Waals surface area contributed by atoms with Crippen molar-refractivity contribution < 1.29 is 19.4 Å². The molecule has 2 fully saturated rings. The topological polar surface area (TPSA) is 70.1 Å². The maximum atomic E-state index is 12.0. The first-order chi connectivity index (χ1) is 16.1. The summed E-state index contributed by atoms with van der Waals surface area (Å²) >= 11 is 0. The van der Waals surface area contributed by atoms with Gasteiger partial charge < -0.3 is 19.6 Å². The Balaban J connectivity index is 0.000000191. The second-order valence-electron chi connectivity index (χ2n) is 11.4. The number of aliphatic carboxylic acids is 1. The van der Waals surface area contributed by atoms with Crippen LogP contribution >= 0.6 is 0 Å². The molecule has 2 aliphatic carbocycles. The van der Waals surface area contributed by atoms with Crippen molar-refractivity contribution in [2.75, 3.05) is 40.3 Å². The number of hydrogen-bond donors (Lipinski definition) is 1. The van der Waals surface area contributed by atoms with Gasteiger partial charge in [-0.25, -0.2) is 0 Å². The SMILES string of the molecule is CC1=CC(OC(=O)C2CCN(C)CC2)CCC1.CN1CCC(C(=O)O)(C2(C)C=CCCC2)CC1. The summed E-state index contributed by atoms with van der Waals surface area (Å²) in [6.45, 7) is 8.09. The van der Waals surface area contributed by atoms with E-state index in [4.69, 9.17) is 4.74 Å². The number of carbonyl (C=O) groups is 2. The molecule has 0 aromatic carbocycles. The Hall–Kier alpha value is -1.66. The highest BCUT2D eigenvalue weighted by atomic mass is 16.5. The van der Waals surface area contributed by atoms with Crippen LogP contribution in [0.15, 0.2) is 23.8 Å². The summed E-state index contributed by atoms with van der Waals surface area (Å²) < 4.78 is 5.60.